The number of hydrogen-bond acceptors (Lipinski definition) is 4. The van der Waals surface area contributed by atoms with Crippen LogP contribution in [0.5, 0.6) is 5.75 Å². The second-order valence-corrected chi connectivity index (χ2v) is 4.78. The molecule has 0 heterocycles. The number of anilines is 1. The summed E-state index contributed by atoms with van der Waals surface area (Å²) >= 11 is 0. The normalized spacial score (nSPS) is 9.96. The summed E-state index contributed by atoms with van der Waals surface area (Å²) in [6, 6.07) is 11.2. The van der Waals surface area contributed by atoms with Crippen LogP contribution in [-0.2, 0) is 0 Å². The van der Waals surface area contributed by atoms with Gasteiger partial charge in [0.15, 0.2) is 0 Å². The van der Waals surface area contributed by atoms with Crippen molar-refractivity contribution in [1.82, 2.24) is 0 Å². The van der Waals surface area contributed by atoms with Crippen molar-refractivity contribution in [2.45, 2.75) is 6.92 Å². The van der Waals surface area contributed by atoms with Crippen LogP contribution in [0.25, 0.3) is 0 Å². The number of rotatable bonds is 6. The van der Waals surface area contributed by atoms with Gasteiger partial charge >= 0.3 is 0 Å². The van der Waals surface area contributed by atoms with Gasteiger partial charge in [0.25, 0.3) is 11.6 Å². The Bertz CT molecular complexity index is 739. The van der Waals surface area contributed by atoms with Gasteiger partial charge in [-0.3, -0.25) is 14.9 Å². The molecule has 23 heavy (non-hydrogen) atoms. The predicted octanol–water partition coefficient (Wildman–Crippen LogP) is 3.72. The summed E-state index contributed by atoms with van der Waals surface area (Å²) in [5.41, 5.74) is 1.23. The molecular weight excluding hydrogens is 296 g/mol. The topological polar surface area (TPSA) is 81.5 Å². The minimum Gasteiger partial charge on any atom is -0.490 e. The first-order valence-electron chi connectivity index (χ1n) is 6.92. The molecule has 2 aromatic carbocycles. The average molecular weight is 312 g/mol. The maximum Gasteiger partial charge on any atom is 0.274 e. The zero-order valence-corrected chi connectivity index (χ0v) is 12.6. The highest BCUT2D eigenvalue weighted by Crippen LogP contribution is 2.25. The molecule has 0 bridgehead atoms. The number of nitro groups is 1. The summed E-state index contributed by atoms with van der Waals surface area (Å²) in [6.07, 6.45) is 1.63. The fourth-order valence-electron chi connectivity index (χ4n) is 2.01. The van der Waals surface area contributed by atoms with Crippen LogP contribution < -0.4 is 10.1 Å². The first-order chi connectivity index (χ1) is 11.0. The number of nitrogens with one attached hydrogen (secondary N) is 1. The molecule has 118 valence electrons. The van der Waals surface area contributed by atoms with E-state index < -0.39 is 4.92 Å². The van der Waals surface area contributed by atoms with E-state index in [0.29, 0.717) is 29.2 Å². The fourth-order valence-corrected chi connectivity index (χ4v) is 2.01. The lowest BCUT2D eigenvalue weighted by molar-refractivity contribution is -0.385. The highest BCUT2D eigenvalue weighted by molar-refractivity contribution is 6.04. The van der Waals surface area contributed by atoms with Gasteiger partial charge in [-0.1, -0.05) is 18.7 Å². The van der Waals surface area contributed by atoms with Crippen LogP contribution in [0.2, 0.25) is 0 Å². The van der Waals surface area contributed by atoms with Crippen molar-refractivity contribution < 1.29 is 14.5 Å². The smallest absolute Gasteiger partial charge is 0.274 e. The summed E-state index contributed by atoms with van der Waals surface area (Å²) in [7, 11) is 0. The monoisotopic (exact) mass is 312 g/mol. The van der Waals surface area contributed by atoms with Crippen molar-refractivity contribution >= 4 is 17.3 Å². The average Bonchev–Trinajstić information content (AvgIpc) is 2.55. The number of nitrogens with zero attached hydrogens (tertiary/aromatic N) is 1. The molecule has 0 fully saturated rings. The van der Waals surface area contributed by atoms with Crippen LogP contribution in [0, 0.1) is 17.0 Å². The van der Waals surface area contributed by atoms with Gasteiger partial charge in [0.2, 0.25) is 0 Å². The lowest BCUT2D eigenvalue weighted by Crippen LogP contribution is -2.13. The Morgan fingerprint density at radius 1 is 1.30 bits per heavy atom. The van der Waals surface area contributed by atoms with Gasteiger partial charge in [-0.15, -0.1) is 0 Å². The zero-order valence-electron chi connectivity index (χ0n) is 12.6. The van der Waals surface area contributed by atoms with Gasteiger partial charge in [0, 0.05) is 11.6 Å². The minimum absolute atomic E-state index is 0.0315. The van der Waals surface area contributed by atoms with Crippen molar-refractivity contribution in [2.75, 3.05) is 11.9 Å². The minimum atomic E-state index is -0.475. The molecule has 1 amide bonds. The summed E-state index contributed by atoms with van der Waals surface area (Å²) in [6.45, 7) is 5.54. The van der Waals surface area contributed by atoms with E-state index in [1.54, 1.807) is 43.3 Å². The van der Waals surface area contributed by atoms with Gasteiger partial charge in [-0.2, -0.15) is 0 Å². The van der Waals surface area contributed by atoms with Crippen molar-refractivity contribution in [2.24, 2.45) is 0 Å². The molecule has 0 unspecified atom stereocenters. The van der Waals surface area contributed by atoms with Crippen LogP contribution in [0.3, 0.4) is 0 Å². The summed E-state index contributed by atoms with van der Waals surface area (Å²) in [5.74, 6) is 0.289. The number of amides is 1. The van der Waals surface area contributed by atoms with E-state index in [1.165, 1.54) is 12.1 Å². The summed E-state index contributed by atoms with van der Waals surface area (Å²) < 4.78 is 5.34. The highest BCUT2D eigenvalue weighted by atomic mass is 16.6. The molecule has 0 radical (unpaired) electrons. The second-order valence-electron chi connectivity index (χ2n) is 4.78. The molecule has 0 aliphatic carbocycles. The van der Waals surface area contributed by atoms with Crippen LogP contribution in [0.1, 0.15) is 15.9 Å². The third-order valence-electron chi connectivity index (χ3n) is 3.23. The molecule has 0 saturated heterocycles. The SMILES string of the molecule is C=CCOc1ccc(C(=O)Nc2cccc([N+](=O)[O-])c2C)cc1. The Morgan fingerprint density at radius 2 is 2.00 bits per heavy atom. The molecule has 0 aliphatic rings. The summed E-state index contributed by atoms with van der Waals surface area (Å²) in [5, 5.41) is 13.6. The lowest BCUT2D eigenvalue weighted by atomic mass is 10.1. The molecule has 0 spiro atoms. The third kappa shape index (κ3) is 3.94. The zero-order chi connectivity index (χ0) is 16.8. The maximum absolute atomic E-state index is 12.2. The molecule has 6 nitrogen and oxygen atoms in total. The van der Waals surface area contributed by atoms with E-state index in [1.807, 2.05) is 0 Å². The Kier molecular flexibility index (Phi) is 5.09. The van der Waals surface area contributed by atoms with E-state index in [0.717, 1.165) is 0 Å². The van der Waals surface area contributed by atoms with Crippen molar-refractivity contribution in [3.05, 3.63) is 76.4 Å². The Balaban J connectivity index is 2.14. The van der Waals surface area contributed by atoms with E-state index >= 15 is 0 Å². The van der Waals surface area contributed by atoms with Gasteiger partial charge in [-0.05, 0) is 37.3 Å². The van der Waals surface area contributed by atoms with E-state index in [2.05, 4.69) is 11.9 Å². The summed E-state index contributed by atoms with van der Waals surface area (Å²) in [4.78, 5) is 22.7. The first kappa shape index (κ1) is 16.2. The van der Waals surface area contributed by atoms with Crippen LogP contribution in [0.15, 0.2) is 55.1 Å². The first-order valence-corrected chi connectivity index (χ1v) is 6.92. The predicted molar refractivity (Wildman–Crippen MR) is 87.9 cm³/mol. The largest absolute Gasteiger partial charge is 0.490 e. The van der Waals surface area contributed by atoms with E-state index in [9.17, 15) is 14.9 Å². The number of nitro benzene ring substituents is 1. The number of hydrogen-bond donors (Lipinski definition) is 1. The molecule has 2 aromatic rings. The second kappa shape index (κ2) is 7.22. The number of carbonyl (C=O) groups excluding carboxylic acids is 1. The fraction of sp³-hybridized carbons (Fsp3) is 0.118. The molecule has 0 aliphatic heterocycles. The van der Waals surface area contributed by atoms with Crippen molar-refractivity contribution in [1.29, 1.82) is 0 Å². The number of ether oxygens (including phenoxy) is 1. The van der Waals surface area contributed by atoms with Crippen LogP contribution in [-0.4, -0.2) is 17.4 Å². The van der Waals surface area contributed by atoms with Crippen molar-refractivity contribution in [3.63, 3.8) is 0 Å². The standard InChI is InChI=1S/C17H16N2O4/c1-3-11-23-14-9-7-13(8-10-14)17(20)18-15-5-4-6-16(12(15)2)19(21)22/h3-10H,1,11H2,2H3,(H,18,20). The van der Waals surface area contributed by atoms with Crippen molar-refractivity contribution in [3.8, 4) is 5.75 Å². The van der Waals surface area contributed by atoms with Crippen LogP contribution >= 0.6 is 0 Å². The Hall–Kier alpha value is -3.15. The maximum atomic E-state index is 12.2. The molecule has 0 atom stereocenters. The van der Waals surface area contributed by atoms with Gasteiger partial charge < -0.3 is 10.1 Å². The molecule has 1 N–H and O–H groups in total. The van der Waals surface area contributed by atoms with Gasteiger partial charge in [-0.25, -0.2) is 0 Å². The Labute approximate surface area is 133 Å². The van der Waals surface area contributed by atoms with Gasteiger partial charge in [0.05, 0.1) is 16.2 Å². The van der Waals surface area contributed by atoms with E-state index in [-0.39, 0.29) is 11.6 Å². The lowest BCUT2D eigenvalue weighted by Gasteiger charge is -2.09. The van der Waals surface area contributed by atoms with Crippen LogP contribution in [0.4, 0.5) is 11.4 Å². The number of carbonyl (C=O) groups is 1. The molecule has 0 saturated carbocycles. The number of benzene rings is 2. The third-order valence-corrected chi connectivity index (χ3v) is 3.23. The quantitative estimate of drug-likeness (QED) is 0.500. The Morgan fingerprint density at radius 3 is 2.61 bits per heavy atom. The van der Waals surface area contributed by atoms with E-state index in [4.69, 9.17) is 4.74 Å². The molecule has 6 heteroatoms. The molecule has 2 rings (SSSR count). The van der Waals surface area contributed by atoms with Gasteiger partial charge in [0.1, 0.15) is 12.4 Å². The highest BCUT2D eigenvalue weighted by Gasteiger charge is 2.15. The molecule has 0 aromatic heterocycles. The molecular formula is C17H16N2O4.